The summed E-state index contributed by atoms with van der Waals surface area (Å²) in [5.41, 5.74) is 1.34. The summed E-state index contributed by atoms with van der Waals surface area (Å²) in [5.74, 6) is 0.609. The molecule has 0 aliphatic carbocycles. The minimum atomic E-state index is -0.460. The molecule has 1 heterocycles. The summed E-state index contributed by atoms with van der Waals surface area (Å²) >= 11 is 0. The van der Waals surface area contributed by atoms with Gasteiger partial charge >= 0.3 is 0 Å². The number of nitro groups is 1. The number of hydrogen-bond acceptors (Lipinski definition) is 4. The number of benzene rings is 1. The number of nitro benzene ring substituents is 1. The van der Waals surface area contributed by atoms with Gasteiger partial charge in [-0.25, -0.2) is 4.98 Å². The third-order valence-electron chi connectivity index (χ3n) is 2.41. The summed E-state index contributed by atoms with van der Waals surface area (Å²) in [6.45, 7) is 0. The molecule has 6 nitrogen and oxygen atoms in total. The summed E-state index contributed by atoms with van der Waals surface area (Å²) in [6.07, 6.45) is 0.193. The van der Waals surface area contributed by atoms with Crippen molar-refractivity contribution in [2.75, 3.05) is 0 Å². The van der Waals surface area contributed by atoms with Crippen LogP contribution < -0.4 is 0 Å². The molecule has 0 saturated carbocycles. The van der Waals surface area contributed by atoms with Gasteiger partial charge in [-0.2, -0.15) is 5.26 Å². The van der Waals surface area contributed by atoms with Gasteiger partial charge in [0, 0.05) is 19.2 Å². The Morgan fingerprint density at radius 2 is 2.38 bits per heavy atom. The average Bonchev–Trinajstić information content (AvgIpc) is 2.56. The number of rotatable bonds is 2. The first-order chi connectivity index (χ1) is 7.63. The van der Waals surface area contributed by atoms with Crippen molar-refractivity contribution in [3.63, 3.8) is 0 Å². The van der Waals surface area contributed by atoms with E-state index in [1.807, 2.05) is 6.07 Å². The van der Waals surface area contributed by atoms with Gasteiger partial charge in [0.15, 0.2) is 0 Å². The Morgan fingerprint density at radius 1 is 1.62 bits per heavy atom. The smallest absolute Gasteiger partial charge is 0.271 e. The van der Waals surface area contributed by atoms with Crippen molar-refractivity contribution < 1.29 is 4.92 Å². The molecule has 1 aromatic carbocycles. The fraction of sp³-hybridized carbons (Fsp3) is 0.200. The molecule has 0 saturated heterocycles. The molecule has 80 valence electrons. The Labute approximate surface area is 90.9 Å². The standard InChI is InChI=1S/C10H8N4O2/c1-13-9-3-2-7(14(15)16)6-8(9)12-10(13)4-5-11/h2-3,6H,4H2,1H3. The van der Waals surface area contributed by atoms with Gasteiger partial charge in [0.05, 0.1) is 28.4 Å². The third kappa shape index (κ3) is 1.48. The molecular formula is C10H8N4O2. The summed E-state index contributed by atoms with van der Waals surface area (Å²) < 4.78 is 1.77. The molecule has 2 aromatic rings. The Kier molecular flexibility index (Phi) is 2.29. The molecule has 0 fully saturated rings. The Balaban J connectivity index is 2.63. The summed E-state index contributed by atoms with van der Waals surface area (Å²) in [6, 6.07) is 6.49. The van der Waals surface area contributed by atoms with E-state index in [0.717, 1.165) is 5.52 Å². The fourth-order valence-corrected chi connectivity index (χ4v) is 1.58. The van der Waals surface area contributed by atoms with Gasteiger partial charge in [-0.1, -0.05) is 0 Å². The maximum absolute atomic E-state index is 10.6. The quantitative estimate of drug-likeness (QED) is 0.563. The highest BCUT2D eigenvalue weighted by Crippen LogP contribution is 2.20. The lowest BCUT2D eigenvalue weighted by Gasteiger charge is -1.96. The second kappa shape index (κ2) is 3.62. The molecule has 16 heavy (non-hydrogen) atoms. The van der Waals surface area contributed by atoms with Gasteiger partial charge in [-0.05, 0) is 6.07 Å². The molecule has 0 spiro atoms. The monoisotopic (exact) mass is 216 g/mol. The minimum absolute atomic E-state index is 0.00843. The minimum Gasteiger partial charge on any atom is -0.330 e. The Bertz CT molecular complexity index is 609. The van der Waals surface area contributed by atoms with Crippen molar-refractivity contribution >= 4 is 16.7 Å². The van der Waals surface area contributed by atoms with E-state index in [1.54, 1.807) is 17.7 Å². The molecule has 0 unspecified atom stereocenters. The maximum Gasteiger partial charge on any atom is 0.271 e. The van der Waals surface area contributed by atoms with E-state index >= 15 is 0 Å². The van der Waals surface area contributed by atoms with Crippen LogP contribution in [0.5, 0.6) is 0 Å². The lowest BCUT2D eigenvalue weighted by Crippen LogP contribution is -1.95. The van der Waals surface area contributed by atoms with Gasteiger partial charge < -0.3 is 4.57 Å². The Hall–Kier alpha value is -2.42. The molecule has 0 radical (unpaired) electrons. The molecule has 0 aliphatic rings. The molecule has 0 N–H and O–H groups in total. The van der Waals surface area contributed by atoms with Crippen LogP contribution >= 0.6 is 0 Å². The summed E-state index contributed by atoms with van der Waals surface area (Å²) in [4.78, 5) is 14.3. The molecule has 6 heteroatoms. The normalized spacial score (nSPS) is 10.2. The van der Waals surface area contributed by atoms with Gasteiger partial charge in [0.1, 0.15) is 5.82 Å². The maximum atomic E-state index is 10.6. The Morgan fingerprint density at radius 3 is 3.00 bits per heavy atom. The van der Waals surface area contributed by atoms with Crippen molar-refractivity contribution in [2.45, 2.75) is 6.42 Å². The van der Waals surface area contributed by atoms with Crippen molar-refractivity contribution in [2.24, 2.45) is 7.05 Å². The van der Waals surface area contributed by atoms with Crippen LogP contribution in [-0.4, -0.2) is 14.5 Å². The van der Waals surface area contributed by atoms with Gasteiger partial charge in [0.25, 0.3) is 5.69 Å². The predicted octanol–water partition coefficient (Wildman–Crippen LogP) is 1.55. The van der Waals surface area contributed by atoms with Crippen LogP contribution in [0.4, 0.5) is 5.69 Å². The number of imidazole rings is 1. The highest BCUT2D eigenvalue weighted by atomic mass is 16.6. The van der Waals surface area contributed by atoms with Gasteiger partial charge in [-0.3, -0.25) is 10.1 Å². The predicted molar refractivity (Wildman–Crippen MR) is 56.7 cm³/mol. The highest BCUT2D eigenvalue weighted by molar-refractivity contribution is 5.78. The van der Waals surface area contributed by atoms with Crippen LogP contribution in [-0.2, 0) is 13.5 Å². The van der Waals surface area contributed by atoms with Crippen LogP contribution in [0.1, 0.15) is 5.82 Å². The number of aromatic nitrogens is 2. The van der Waals surface area contributed by atoms with Crippen molar-refractivity contribution in [3.05, 3.63) is 34.1 Å². The molecule has 0 atom stereocenters. The second-order valence-electron chi connectivity index (χ2n) is 3.35. The van der Waals surface area contributed by atoms with Gasteiger partial charge in [0.2, 0.25) is 0 Å². The second-order valence-corrected chi connectivity index (χ2v) is 3.35. The van der Waals surface area contributed by atoms with Crippen molar-refractivity contribution in [1.29, 1.82) is 5.26 Å². The van der Waals surface area contributed by atoms with Crippen LogP contribution in [0, 0.1) is 21.4 Å². The summed E-state index contributed by atoms with van der Waals surface area (Å²) in [7, 11) is 1.79. The SMILES string of the molecule is Cn1c(CC#N)nc2cc([N+](=O)[O-])ccc21. The van der Waals surface area contributed by atoms with Crippen LogP contribution in [0.3, 0.4) is 0 Å². The third-order valence-corrected chi connectivity index (χ3v) is 2.41. The van der Waals surface area contributed by atoms with Crippen molar-refractivity contribution in [1.82, 2.24) is 9.55 Å². The molecule has 0 aliphatic heterocycles. The number of nitrogens with zero attached hydrogens (tertiary/aromatic N) is 4. The summed E-state index contributed by atoms with van der Waals surface area (Å²) in [5, 5.41) is 19.2. The number of hydrogen-bond donors (Lipinski definition) is 0. The average molecular weight is 216 g/mol. The first kappa shape index (κ1) is 10.1. The topological polar surface area (TPSA) is 84.8 Å². The van der Waals surface area contributed by atoms with Gasteiger partial charge in [-0.15, -0.1) is 0 Å². The molecule has 0 bridgehead atoms. The fourth-order valence-electron chi connectivity index (χ4n) is 1.58. The van der Waals surface area contributed by atoms with Crippen LogP contribution in [0.25, 0.3) is 11.0 Å². The van der Waals surface area contributed by atoms with E-state index in [4.69, 9.17) is 5.26 Å². The van der Waals surface area contributed by atoms with E-state index in [9.17, 15) is 10.1 Å². The van der Waals surface area contributed by atoms with E-state index in [2.05, 4.69) is 4.98 Å². The first-order valence-electron chi connectivity index (χ1n) is 4.60. The first-order valence-corrected chi connectivity index (χ1v) is 4.60. The van der Waals surface area contributed by atoms with E-state index in [0.29, 0.717) is 11.3 Å². The largest absolute Gasteiger partial charge is 0.330 e. The molecular weight excluding hydrogens is 208 g/mol. The molecule has 2 rings (SSSR count). The number of non-ortho nitro benzene ring substituents is 1. The van der Waals surface area contributed by atoms with E-state index < -0.39 is 4.92 Å². The zero-order valence-corrected chi connectivity index (χ0v) is 8.54. The number of fused-ring (bicyclic) bond motifs is 1. The highest BCUT2D eigenvalue weighted by Gasteiger charge is 2.11. The van der Waals surface area contributed by atoms with E-state index in [1.165, 1.54) is 12.1 Å². The molecule has 0 amide bonds. The number of nitriles is 1. The van der Waals surface area contributed by atoms with Crippen LogP contribution in [0.15, 0.2) is 18.2 Å². The van der Waals surface area contributed by atoms with Crippen LogP contribution in [0.2, 0.25) is 0 Å². The van der Waals surface area contributed by atoms with Crippen molar-refractivity contribution in [3.8, 4) is 6.07 Å². The lowest BCUT2D eigenvalue weighted by atomic mass is 10.3. The zero-order chi connectivity index (χ0) is 11.7. The zero-order valence-electron chi connectivity index (χ0n) is 8.54. The lowest BCUT2D eigenvalue weighted by molar-refractivity contribution is -0.384. The van der Waals surface area contributed by atoms with E-state index in [-0.39, 0.29) is 12.1 Å². The number of aryl methyl sites for hydroxylation is 1. The molecule has 1 aromatic heterocycles.